The van der Waals surface area contributed by atoms with Gasteiger partial charge in [0.2, 0.25) is 21.8 Å². The van der Waals surface area contributed by atoms with Gasteiger partial charge in [-0.05, 0) is 73.7 Å². The lowest BCUT2D eigenvalue weighted by molar-refractivity contribution is -0.118. The number of sulfonamides is 1. The largest absolute Gasteiger partial charge is 0.494 e. The van der Waals surface area contributed by atoms with Crippen molar-refractivity contribution in [3.05, 3.63) is 48.0 Å². The van der Waals surface area contributed by atoms with Gasteiger partial charge in [0.15, 0.2) is 0 Å². The van der Waals surface area contributed by atoms with Crippen LogP contribution in [0.15, 0.2) is 47.4 Å². The summed E-state index contributed by atoms with van der Waals surface area (Å²) in [6, 6.07) is 10.7. The molecular formula is C25H33N3O5S. The van der Waals surface area contributed by atoms with Gasteiger partial charge in [-0.3, -0.25) is 9.59 Å². The van der Waals surface area contributed by atoms with Crippen molar-refractivity contribution in [3.63, 3.8) is 0 Å². The molecule has 0 aromatic heterocycles. The van der Waals surface area contributed by atoms with Crippen molar-refractivity contribution in [1.29, 1.82) is 0 Å². The third kappa shape index (κ3) is 6.15. The molecule has 2 aromatic carbocycles. The Labute approximate surface area is 201 Å². The van der Waals surface area contributed by atoms with Crippen molar-refractivity contribution in [1.82, 2.24) is 4.72 Å². The molecule has 184 valence electrons. The Kier molecular flexibility index (Phi) is 8.33. The average Bonchev–Trinajstić information content (AvgIpc) is 3.22. The lowest BCUT2D eigenvalue weighted by Gasteiger charge is -2.21. The van der Waals surface area contributed by atoms with Crippen molar-refractivity contribution in [2.24, 2.45) is 5.92 Å². The van der Waals surface area contributed by atoms with E-state index in [1.54, 1.807) is 48.2 Å². The van der Waals surface area contributed by atoms with Crippen molar-refractivity contribution in [2.75, 3.05) is 23.4 Å². The molecule has 0 fully saturated rings. The first-order valence-electron chi connectivity index (χ1n) is 11.6. The number of anilines is 2. The number of carbonyl (C=O) groups excluding carboxylic acids is 2. The molecule has 1 aliphatic rings. The zero-order valence-corrected chi connectivity index (χ0v) is 20.9. The monoisotopic (exact) mass is 487 g/mol. The molecular weight excluding hydrogens is 454 g/mol. The second-order valence-corrected chi connectivity index (χ2v) is 10.4. The third-order valence-corrected chi connectivity index (χ3v) is 7.08. The summed E-state index contributed by atoms with van der Waals surface area (Å²) in [5.41, 5.74) is 2.11. The maximum absolute atomic E-state index is 13.2. The van der Waals surface area contributed by atoms with Crippen LogP contribution in [0, 0.1) is 5.92 Å². The molecule has 9 heteroatoms. The Morgan fingerprint density at radius 2 is 1.79 bits per heavy atom. The summed E-state index contributed by atoms with van der Waals surface area (Å²) in [6.07, 6.45) is 1.32. The highest BCUT2D eigenvalue weighted by Crippen LogP contribution is 2.31. The number of benzene rings is 2. The van der Waals surface area contributed by atoms with Crippen LogP contribution in [0.4, 0.5) is 11.4 Å². The van der Waals surface area contributed by atoms with Gasteiger partial charge < -0.3 is 15.0 Å². The summed E-state index contributed by atoms with van der Waals surface area (Å²) in [4.78, 5) is 26.9. The zero-order valence-electron chi connectivity index (χ0n) is 20.1. The summed E-state index contributed by atoms with van der Waals surface area (Å²) in [6.45, 7) is 8.63. The van der Waals surface area contributed by atoms with Crippen molar-refractivity contribution >= 4 is 33.2 Å². The number of carbonyl (C=O) groups is 2. The van der Waals surface area contributed by atoms with E-state index in [1.165, 1.54) is 6.07 Å². The third-order valence-electron chi connectivity index (χ3n) is 5.61. The van der Waals surface area contributed by atoms with Crippen LogP contribution in [0.5, 0.6) is 5.75 Å². The molecule has 2 N–H and O–H groups in total. The lowest BCUT2D eigenvalue weighted by atomic mass is 10.0. The quantitative estimate of drug-likeness (QED) is 0.532. The Morgan fingerprint density at radius 3 is 2.41 bits per heavy atom. The van der Waals surface area contributed by atoms with Gasteiger partial charge >= 0.3 is 0 Å². The van der Waals surface area contributed by atoms with E-state index in [1.807, 2.05) is 20.8 Å². The predicted molar refractivity (Wildman–Crippen MR) is 133 cm³/mol. The molecule has 3 rings (SSSR count). The minimum atomic E-state index is -3.96. The highest BCUT2D eigenvalue weighted by molar-refractivity contribution is 7.89. The SMILES string of the molecule is CCOc1ccc(NC(=O)C(CC(C)C)NS(=O)(=O)c2ccc3c(c2)CCN3C(=O)CC)cc1. The van der Waals surface area contributed by atoms with E-state index in [0.717, 1.165) is 11.3 Å². The Bertz CT molecular complexity index is 1130. The Balaban J connectivity index is 1.77. The van der Waals surface area contributed by atoms with Crippen molar-refractivity contribution < 1.29 is 22.7 Å². The molecule has 0 saturated heterocycles. The van der Waals surface area contributed by atoms with Crippen molar-refractivity contribution in [3.8, 4) is 5.75 Å². The standard InChI is InChI=1S/C25H33N3O5S/c1-5-24(29)28-14-13-18-16-21(11-12-23(18)28)34(31,32)27-22(15-17(3)4)25(30)26-19-7-9-20(10-8-19)33-6-2/h7-12,16-17,22,27H,5-6,13-15H2,1-4H3,(H,26,30). The number of rotatable bonds is 10. The van der Waals surface area contributed by atoms with Crippen molar-refractivity contribution in [2.45, 2.75) is 57.9 Å². The van der Waals surface area contributed by atoms with Gasteiger partial charge in [0, 0.05) is 24.3 Å². The van der Waals surface area contributed by atoms with E-state index in [-0.39, 0.29) is 16.7 Å². The van der Waals surface area contributed by atoms with Crippen LogP contribution in [0.1, 0.15) is 46.1 Å². The first-order chi connectivity index (χ1) is 16.1. The molecule has 0 aliphatic carbocycles. The van der Waals surface area contributed by atoms with Crippen LogP contribution < -0.4 is 19.7 Å². The topological polar surface area (TPSA) is 105 Å². The van der Waals surface area contributed by atoms with E-state index in [4.69, 9.17) is 4.74 Å². The van der Waals surface area contributed by atoms with E-state index in [0.29, 0.717) is 43.9 Å². The van der Waals surface area contributed by atoms with Crippen LogP contribution in [-0.2, 0) is 26.0 Å². The maximum atomic E-state index is 13.2. The molecule has 34 heavy (non-hydrogen) atoms. The van der Waals surface area contributed by atoms with E-state index < -0.39 is 22.0 Å². The second-order valence-electron chi connectivity index (χ2n) is 8.69. The Hall–Kier alpha value is -2.91. The molecule has 0 spiro atoms. The van der Waals surface area contributed by atoms with Gasteiger partial charge in [0.1, 0.15) is 11.8 Å². The number of fused-ring (bicyclic) bond motifs is 1. The molecule has 0 saturated carbocycles. The predicted octanol–water partition coefficient (Wildman–Crippen LogP) is 3.72. The lowest BCUT2D eigenvalue weighted by Crippen LogP contribution is -2.44. The number of hydrogen-bond donors (Lipinski definition) is 2. The molecule has 2 aromatic rings. The van der Waals surface area contributed by atoms with Gasteiger partial charge in [-0.15, -0.1) is 0 Å². The first kappa shape index (κ1) is 25.7. The minimum Gasteiger partial charge on any atom is -0.494 e. The fourth-order valence-electron chi connectivity index (χ4n) is 3.96. The number of amides is 2. The van der Waals surface area contributed by atoms with Crippen LogP contribution in [0.2, 0.25) is 0 Å². The molecule has 2 amide bonds. The smallest absolute Gasteiger partial charge is 0.242 e. The van der Waals surface area contributed by atoms with Gasteiger partial charge in [-0.2, -0.15) is 4.72 Å². The fraction of sp³-hybridized carbons (Fsp3) is 0.440. The molecule has 8 nitrogen and oxygen atoms in total. The van der Waals surface area contributed by atoms with Crippen LogP contribution in [-0.4, -0.2) is 39.4 Å². The number of ether oxygens (including phenoxy) is 1. The van der Waals surface area contributed by atoms with Gasteiger partial charge in [-0.25, -0.2) is 8.42 Å². The van der Waals surface area contributed by atoms with E-state index in [2.05, 4.69) is 10.0 Å². The molecule has 1 unspecified atom stereocenters. The second kappa shape index (κ2) is 11.0. The highest BCUT2D eigenvalue weighted by atomic mass is 32.2. The number of hydrogen-bond acceptors (Lipinski definition) is 5. The van der Waals surface area contributed by atoms with Gasteiger partial charge in [0.25, 0.3) is 0 Å². The average molecular weight is 488 g/mol. The summed E-state index contributed by atoms with van der Waals surface area (Å²) in [5.74, 6) is 0.362. The molecule has 1 aliphatic heterocycles. The number of nitrogens with one attached hydrogen (secondary N) is 2. The maximum Gasteiger partial charge on any atom is 0.242 e. The fourth-order valence-corrected chi connectivity index (χ4v) is 5.22. The highest BCUT2D eigenvalue weighted by Gasteiger charge is 2.29. The van der Waals surface area contributed by atoms with Gasteiger partial charge in [-0.1, -0.05) is 20.8 Å². The zero-order chi connectivity index (χ0) is 24.9. The molecule has 0 radical (unpaired) electrons. The van der Waals surface area contributed by atoms with Crippen LogP contribution in [0.25, 0.3) is 0 Å². The molecule has 0 bridgehead atoms. The van der Waals surface area contributed by atoms with Crippen LogP contribution in [0.3, 0.4) is 0 Å². The van der Waals surface area contributed by atoms with Gasteiger partial charge in [0.05, 0.1) is 11.5 Å². The summed E-state index contributed by atoms with van der Waals surface area (Å²) >= 11 is 0. The minimum absolute atomic E-state index is 0.00967. The summed E-state index contributed by atoms with van der Waals surface area (Å²) in [5, 5.41) is 2.79. The Morgan fingerprint density at radius 1 is 1.09 bits per heavy atom. The normalized spacial score (nSPS) is 14.1. The number of nitrogens with zero attached hydrogens (tertiary/aromatic N) is 1. The summed E-state index contributed by atoms with van der Waals surface area (Å²) in [7, 11) is -3.96. The molecule has 1 heterocycles. The summed E-state index contributed by atoms with van der Waals surface area (Å²) < 4.78 is 34.4. The van der Waals surface area contributed by atoms with E-state index >= 15 is 0 Å². The van der Waals surface area contributed by atoms with Crippen LogP contribution >= 0.6 is 0 Å². The molecule has 1 atom stereocenters. The van der Waals surface area contributed by atoms with E-state index in [9.17, 15) is 18.0 Å². The first-order valence-corrected chi connectivity index (χ1v) is 13.1.